The second-order valence-corrected chi connectivity index (χ2v) is 6.63. The van der Waals surface area contributed by atoms with Crippen LogP contribution < -0.4 is 0 Å². The first-order valence-corrected chi connectivity index (χ1v) is 5.57. The van der Waals surface area contributed by atoms with Gasteiger partial charge in [0, 0.05) is 5.41 Å². The summed E-state index contributed by atoms with van der Waals surface area (Å²) >= 11 is 0. The van der Waals surface area contributed by atoms with E-state index in [4.69, 9.17) is 5.11 Å². The van der Waals surface area contributed by atoms with Crippen molar-refractivity contribution in [2.45, 2.75) is 32.8 Å². The molecular weight excluding hydrogens is 222 g/mol. The van der Waals surface area contributed by atoms with E-state index < -0.39 is 29.2 Å². The second kappa shape index (κ2) is 4.74. The Balaban J connectivity index is 5.25. The van der Waals surface area contributed by atoms with E-state index in [1.54, 1.807) is 20.8 Å². The quantitative estimate of drug-likeness (QED) is 0.693. The van der Waals surface area contributed by atoms with Gasteiger partial charge in [-0.1, -0.05) is 20.8 Å². The maximum Gasteiger partial charge on any atom is 0.306 e. The Bertz CT molecular complexity index is 311. The summed E-state index contributed by atoms with van der Waals surface area (Å²) < 4.78 is 0.325. The number of carboxylic acid groups (broad SMARTS) is 1. The Hall–Kier alpha value is -0.940. The average molecular weight is 246 g/mol. The average Bonchev–Trinajstić information content (AvgIpc) is 1.95. The molecule has 0 aromatic carbocycles. The molecule has 100 valence electrons. The molecule has 2 N–H and O–H groups in total. The molecule has 0 aromatic heterocycles. The molecule has 0 aliphatic rings. The van der Waals surface area contributed by atoms with Crippen LogP contribution in [0.4, 0.5) is 0 Å². The molecule has 0 spiro atoms. The monoisotopic (exact) mass is 246 g/mol. The summed E-state index contributed by atoms with van der Waals surface area (Å²) in [6.45, 7) is 5.11. The maximum atomic E-state index is 12.2. The Morgan fingerprint density at radius 1 is 1.12 bits per heavy atom. The molecule has 1 unspecified atom stereocenters. The van der Waals surface area contributed by atoms with Crippen LogP contribution >= 0.6 is 0 Å². The molecule has 0 aromatic rings. The van der Waals surface area contributed by atoms with E-state index in [9.17, 15) is 14.7 Å². The van der Waals surface area contributed by atoms with E-state index in [2.05, 4.69) is 0 Å². The van der Waals surface area contributed by atoms with Crippen molar-refractivity contribution in [3.8, 4) is 0 Å². The fourth-order valence-electron chi connectivity index (χ4n) is 1.94. The van der Waals surface area contributed by atoms with Crippen LogP contribution in [0.5, 0.6) is 0 Å². The van der Waals surface area contributed by atoms with Gasteiger partial charge in [-0.25, -0.2) is 0 Å². The van der Waals surface area contributed by atoms with Crippen molar-refractivity contribution in [3.63, 3.8) is 0 Å². The van der Waals surface area contributed by atoms with E-state index in [-0.39, 0.29) is 6.54 Å². The molecule has 0 bridgehead atoms. The molecule has 5 heteroatoms. The number of carbonyl (C=O) groups is 2. The third-order valence-corrected chi connectivity index (χ3v) is 2.28. The number of hydrogen-bond donors (Lipinski definition) is 2. The SMILES string of the molecule is CC(C)(C)C(=O)C(O)(CC(=O)O)C[N+](C)(C)C. The predicted octanol–water partition coefficient (Wildman–Crippen LogP) is 0.514. The van der Waals surface area contributed by atoms with Gasteiger partial charge in [0.25, 0.3) is 0 Å². The minimum Gasteiger partial charge on any atom is -0.481 e. The van der Waals surface area contributed by atoms with Crippen molar-refractivity contribution in [3.05, 3.63) is 0 Å². The fraction of sp³-hybridized carbons (Fsp3) is 0.833. The molecule has 0 saturated heterocycles. The predicted molar refractivity (Wildman–Crippen MR) is 64.6 cm³/mol. The van der Waals surface area contributed by atoms with Gasteiger partial charge in [-0.2, -0.15) is 0 Å². The summed E-state index contributed by atoms with van der Waals surface area (Å²) in [7, 11) is 5.42. The van der Waals surface area contributed by atoms with Crippen LogP contribution in [0.2, 0.25) is 0 Å². The number of quaternary nitrogens is 1. The van der Waals surface area contributed by atoms with E-state index in [0.29, 0.717) is 4.48 Å². The van der Waals surface area contributed by atoms with Gasteiger partial charge in [0.05, 0.1) is 27.6 Å². The lowest BCUT2D eigenvalue weighted by atomic mass is 9.78. The van der Waals surface area contributed by atoms with E-state index in [0.717, 1.165) is 0 Å². The van der Waals surface area contributed by atoms with Gasteiger partial charge in [-0.05, 0) is 0 Å². The lowest BCUT2D eigenvalue weighted by molar-refractivity contribution is -0.875. The number of ketones is 1. The van der Waals surface area contributed by atoms with E-state index in [1.807, 2.05) is 21.1 Å². The number of rotatable bonds is 5. The van der Waals surface area contributed by atoms with Crippen molar-refractivity contribution in [1.29, 1.82) is 0 Å². The molecule has 17 heavy (non-hydrogen) atoms. The minimum atomic E-state index is -1.82. The summed E-state index contributed by atoms with van der Waals surface area (Å²) in [6.07, 6.45) is -0.557. The molecule has 0 heterocycles. The molecule has 0 rings (SSSR count). The van der Waals surface area contributed by atoms with Crippen LogP contribution in [0.1, 0.15) is 27.2 Å². The topological polar surface area (TPSA) is 74.6 Å². The number of likely N-dealkylation sites (N-methyl/N-ethyl adjacent to an activating group) is 1. The number of aliphatic carboxylic acids is 1. The summed E-state index contributed by atoms with van der Waals surface area (Å²) in [6, 6.07) is 0. The Morgan fingerprint density at radius 3 is 1.76 bits per heavy atom. The molecule has 0 radical (unpaired) electrons. The highest BCUT2D eigenvalue weighted by molar-refractivity contribution is 5.94. The van der Waals surface area contributed by atoms with Crippen LogP contribution in [0.25, 0.3) is 0 Å². The third-order valence-electron chi connectivity index (χ3n) is 2.28. The van der Waals surface area contributed by atoms with Gasteiger partial charge < -0.3 is 14.7 Å². The molecule has 1 atom stereocenters. The zero-order valence-electron chi connectivity index (χ0n) is 11.6. The Labute approximate surface area is 103 Å². The lowest BCUT2D eigenvalue weighted by Gasteiger charge is -2.36. The number of carbonyl (C=O) groups excluding carboxylic acids is 1. The van der Waals surface area contributed by atoms with Gasteiger partial charge in [-0.3, -0.25) is 9.59 Å². The molecule has 0 saturated carbocycles. The molecule has 0 fully saturated rings. The highest BCUT2D eigenvalue weighted by Crippen LogP contribution is 2.27. The second-order valence-electron chi connectivity index (χ2n) is 6.63. The summed E-state index contributed by atoms with van der Waals surface area (Å²) in [5.74, 6) is -1.60. The first-order chi connectivity index (χ1) is 7.28. The van der Waals surface area contributed by atoms with Gasteiger partial charge in [0.1, 0.15) is 6.54 Å². The molecule has 0 aliphatic heterocycles. The number of aliphatic hydroxyl groups is 1. The maximum absolute atomic E-state index is 12.2. The van der Waals surface area contributed by atoms with Gasteiger partial charge in [0.2, 0.25) is 0 Å². The summed E-state index contributed by atoms with van der Waals surface area (Å²) in [4.78, 5) is 23.0. The van der Waals surface area contributed by atoms with Crippen LogP contribution in [-0.4, -0.2) is 59.7 Å². The van der Waals surface area contributed by atoms with Gasteiger partial charge in [-0.15, -0.1) is 0 Å². The fourth-order valence-corrected chi connectivity index (χ4v) is 1.94. The molecule has 0 amide bonds. The third kappa shape index (κ3) is 5.28. The zero-order valence-corrected chi connectivity index (χ0v) is 11.6. The first-order valence-electron chi connectivity index (χ1n) is 5.57. The highest BCUT2D eigenvalue weighted by Gasteiger charge is 2.47. The standard InChI is InChI=1S/C12H23NO4/c1-11(2,3)10(16)12(17,7-9(14)15)8-13(4,5)6/h17H,7-8H2,1-6H3/p+1. The molecule has 5 nitrogen and oxygen atoms in total. The molecule has 0 aliphatic carbocycles. The van der Waals surface area contributed by atoms with Crippen LogP contribution in [-0.2, 0) is 9.59 Å². The van der Waals surface area contributed by atoms with Crippen molar-refractivity contribution < 1.29 is 24.3 Å². The number of nitrogens with zero attached hydrogens (tertiary/aromatic N) is 1. The number of carboxylic acids is 1. The largest absolute Gasteiger partial charge is 0.481 e. The van der Waals surface area contributed by atoms with Crippen molar-refractivity contribution in [2.24, 2.45) is 5.41 Å². The summed E-state index contributed by atoms with van der Waals surface area (Å²) in [5, 5.41) is 19.2. The van der Waals surface area contributed by atoms with Gasteiger partial charge in [0.15, 0.2) is 11.4 Å². The van der Waals surface area contributed by atoms with E-state index in [1.165, 1.54) is 0 Å². The highest BCUT2D eigenvalue weighted by atomic mass is 16.4. The van der Waals surface area contributed by atoms with Crippen LogP contribution in [0, 0.1) is 5.41 Å². The Morgan fingerprint density at radius 2 is 1.53 bits per heavy atom. The normalized spacial score (nSPS) is 16.4. The van der Waals surface area contributed by atoms with Crippen molar-refractivity contribution >= 4 is 11.8 Å². The van der Waals surface area contributed by atoms with Crippen molar-refractivity contribution in [2.75, 3.05) is 27.7 Å². The van der Waals surface area contributed by atoms with Crippen LogP contribution in [0.15, 0.2) is 0 Å². The van der Waals surface area contributed by atoms with Crippen molar-refractivity contribution in [1.82, 2.24) is 0 Å². The smallest absolute Gasteiger partial charge is 0.306 e. The first kappa shape index (κ1) is 16.1. The molecular formula is C12H24NO4+. The zero-order chi connectivity index (χ0) is 14.1. The van der Waals surface area contributed by atoms with E-state index >= 15 is 0 Å². The number of hydrogen-bond acceptors (Lipinski definition) is 3. The number of Topliss-reactive ketones (excluding diaryl/α,β-unsaturated/α-hetero) is 1. The Kier molecular flexibility index (Phi) is 4.48. The lowest BCUT2D eigenvalue weighted by Crippen LogP contribution is -2.57. The van der Waals surface area contributed by atoms with Crippen LogP contribution in [0.3, 0.4) is 0 Å². The van der Waals surface area contributed by atoms with Gasteiger partial charge >= 0.3 is 5.97 Å². The summed E-state index contributed by atoms with van der Waals surface area (Å²) in [5.41, 5.74) is -2.58. The minimum absolute atomic E-state index is 0.0788.